The van der Waals surface area contributed by atoms with E-state index in [4.69, 9.17) is 0 Å². The SMILES string of the molecule is COC(=O)CCc1cc(C)c(O)c(Br)c1. The van der Waals surface area contributed by atoms with Crippen LogP contribution in [0.2, 0.25) is 0 Å². The molecule has 0 amide bonds. The topological polar surface area (TPSA) is 46.5 Å². The predicted molar refractivity (Wildman–Crippen MR) is 60.9 cm³/mol. The summed E-state index contributed by atoms with van der Waals surface area (Å²) in [5.41, 5.74) is 1.80. The lowest BCUT2D eigenvalue weighted by molar-refractivity contribution is -0.140. The summed E-state index contributed by atoms with van der Waals surface area (Å²) >= 11 is 3.25. The van der Waals surface area contributed by atoms with E-state index in [9.17, 15) is 9.90 Å². The number of methoxy groups -OCH3 is 1. The first-order valence-corrected chi connectivity index (χ1v) is 5.38. The molecule has 0 unspecified atom stereocenters. The highest BCUT2D eigenvalue weighted by Crippen LogP contribution is 2.29. The lowest BCUT2D eigenvalue weighted by Gasteiger charge is -2.06. The molecule has 0 aliphatic heterocycles. The summed E-state index contributed by atoms with van der Waals surface area (Å²) in [5.74, 6) is 0.0219. The molecular weight excluding hydrogens is 260 g/mol. The summed E-state index contributed by atoms with van der Waals surface area (Å²) < 4.78 is 5.21. The minimum atomic E-state index is -0.225. The molecule has 0 radical (unpaired) electrons. The number of carbonyl (C=O) groups is 1. The smallest absolute Gasteiger partial charge is 0.305 e. The Balaban J connectivity index is 2.75. The van der Waals surface area contributed by atoms with Crippen molar-refractivity contribution in [3.8, 4) is 5.75 Å². The van der Waals surface area contributed by atoms with Gasteiger partial charge in [-0.05, 0) is 46.5 Å². The van der Waals surface area contributed by atoms with E-state index in [1.54, 1.807) is 0 Å². The molecule has 0 atom stereocenters. The maximum atomic E-state index is 10.9. The van der Waals surface area contributed by atoms with Crippen molar-refractivity contribution in [3.05, 3.63) is 27.7 Å². The molecule has 1 aromatic carbocycles. The summed E-state index contributed by atoms with van der Waals surface area (Å²) in [4.78, 5) is 10.9. The zero-order chi connectivity index (χ0) is 11.4. The van der Waals surface area contributed by atoms with Crippen LogP contribution in [0.5, 0.6) is 5.75 Å². The van der Waals surface area contributed by atoms with Gasteiger partial charge < -0.3 is 9.84 Å². The highest BCUT2D eigenvalue weighted by atomic mass is 79.9. The number of phenolic OH excluding ortho intramolecular Hbond substituents is 1. The standard InChI is InChI=1S/C11H13BrO3/c1-7-5-8(3-4-10(13)15-2)6-9(12)11(7)14/h5-6,14H,3-4H2,1-2H3. The van der Waals surface area contributed by atoms with Crippen molar-refractivity contribution >= 4 is 21.9 Å². The third kappa shape index (κ3) is 3.23. The third-order valence-electron chi connectivity index (χ3n) is 2.16. The molecule has 1 N–H and O–H groups in total. The number of aromatic hydroxyl groups is 1. The Morgan fingerprint density at radius 3 is 2.73 bits per heavy atom. The van der Waals surface area contributed by atoms with Gasteiger partial charge in [0, 0.05) is 6.42 Å². The van der Waals surface area contributed by atoms with Gasteiger partial charge in [0.25, 0.3) is 0 Å². The van der Waals surface area contributed by atoms with Crippen molar-refractivity contribution in [2.45, 2.75) is 19.8 Å². The van der Waals surface area contributed by atoms with Gasteiger partial charge in [-0.15, -0.1) is 0 Å². The van der Waals surface area contributed by atoms with E-state index in [2.05, 4.69) is 20.7 Å². The molecular formula is C11H13BrO3. The van der Waals surface area contributed by atoms with Gasteiger partial charge in [0.05, 0.1) is 11.6 Å². The summed E-state index contributed by atoms with van der Waals surface area (Å²) in [7, 11) is 1.38. The average molecular weight is 273 g/mol. The van der Waals surface area contributed by atoms with Crippen LogP contribution in [0.25, 0.3) is 0 Å². The van der Waals surface area contributed by atoms with Gasteiger partial charge in [-0.3, -0.25) is 4.79 Å². The fourth-order valence-electron chi connectivity index (χ4n) is 1.30. The maximum Gasteiger partial charge on any atom is 0.305 e. The second-order valence-corrected chi connectivity index (χ2v) is 4.17. The van der Waals surface area contributed by atoms with E-state index >= 15 is 0 Å². The van der Waals surface area contributed by atoms with Gasteiger partial charge >= 0.3 is 5.97 Å². The molecule has 0 saturated carbocycles. The number of ether oxygens (including phenoxy) is 1. The number of esters is 1. The molecule has 4 heteroatoms. The quantitative estimate of drug-likeness (QED) is 0.861. The van der Waals surface area contributed by atoms with E-state index in [1.165, 1.54) is 7.11 Å². The second-order valence-electron chi connectivity index (χ2n) is 3.32. The number of hydrogen-bond donors (Lipinski definition) is 1. The first kappa shape index (κ1) is 12.0. The van der Waals surface area contributed by atoms with Crippen LogP contribution in [0.1, 0.15) is 17.5 Å². The fourth-order valence-corrected chi connectivity index (χ4v) is 1.91. The van der Waals surface area contributed by atoms with Gasteiger partial charge in [0.1, 0.15) is 5.75 Å². The van der Waals surface area contributed by atoms with Crippen LogP contribution < -0.4 is 0 Å². The molecule has 0 fully saturated rings. The molecule has 0 spiro atoms. The van der Waals surface area contributed by atoms with Gasteiger partial charge in [-0.25, -0.2) is 0 Å². The first-order valence-electron chi connectivity index (χ1n) is 4.59. The van der Waals surface area contributed by atoms with Crippen LogP contribution in [-0.4, -0.2) is 18.2 Å². The van der Waals surface area contributed by atoms with E-state index in [0.717, 1.165) is 11.1 Å². The minimum Gasteiger partial charge on any atom is -0.506 e. The Morgan fingerprint density at radius 2 is 2.20 bits per heavy atom. The Labute approximate surface area is 97.2 Å². The monoisotopic (exact) mass is 272 g/mol. The highest BCUT2D eigenvalue weighted by molar-refractivity contribution is 9.10. The molecule has 82 valence electrons. The third-order valence-corrected chi connectivity index (χ3v) is 2.76. The van der Waals surface area contributed by atoms with Crippen LogP contribution in [0.4, 0.5) is 0 Å². The first-order chi connectivity index (χ1) is 7.04. The summed E-state index contributed by atoms with van der Waals surface area (Å²) in [6.07, 6.45) is 0.972. The van der Waals surface area contributed by atoms with Crippen molar-refractivity contribution in [2.75, 3.05) is 7.11 Å². The Morgan fingerprint density at radius 1 is 1.53 bits per heavy atom. The van der Waals surface area contributed by atoms with Crippen LogP contribution in [0.15, 0.2) is 16.6 Å². The predicted octanol–water partition coefficient (Wildman–Crippen LogP) is 2.57. The summed E-state index contributed by atoms with van der Waals surface area (Å²) in [6.45, 7) is 1.82. The number of hydrogen-bond acceptors (Lipinski definition) is 3. The molecule has 0 saturated heterocycles. The van der Waals surface area contributed by atoms with Gasteiger partial charge in [-0.1, -0.05) is 6.07 Å². The van der Waals surface area contributed by atoms with Gasteiger partial charge in [0.15, 0.2) is 0 Å². The Bertz CT molecular complexity index is 351. The largest absolute Gasteiger partial charge is 0.506 e. The fraction of sp³-hybridized carbons (Fsp3) is 0.364. The number of benzene rings is 1. The van der Waals surface area contributed by atoms with Crippen LogP contribution >= 0.6 is 15.9 Å². The highest BCUT2D eigenvalue weighted by Gasteiger charge is 2.06. The molecule has 0 aliphatic rings. The lowest BCUT2D eigenvalue weighted by atomic mass is 10.1. The molecule has 0 aromatic heterocycles. The van der Waals surface area contributed by atoms with Crippen LogP contribution in [-0.2, 0) is 16.0 Å². The Kier molecular flexibility index (Phi) is 4.15. The number of rotatable bonds is 3. The summed E-state index contributed by atoms with van der Waals surface area (Å²) in [6, 6.07) is 3.67. The molecule has 0 aliphatic carbocycles. The average Bonchev–Trinajstić information content (AvgIpc) is 2.22. The molecule has 1 aromatic rings. The van der Waals surface area contributed by atoms with Crippen molar-refractivity contribution in [1.29, 1.82) is 0 Å². The number of aryl methyl sites for hydroxylation is 2. The van der Waals surface area contributed by atoms with Crippen molar-refractivity contribution in [1.82, 2.24) is 0 Å². The number of carbonyl (C=O) groups excluding carboxylic acids is 1. The van der Waals surface area contributed by atoms with E-state index in [0.29, 0.717) is 17.3 Å². The van der Waals surface area contributed by atoms with Crippen molar-refractivity contribution in [2.24, 2.45) is 0 Å². The molecule has 0 bridgehead atoms. The Hall–Kier alpha value is -1.03. The molecule has 1 rings (SSSR count). The zero-order valence-electron chi connectivity index (χ0n) is 8.71. The van der Waals surface area contributed by atoms with Crippen LogP contribution in [0.3, 0.4) is 0 Å². The van der Waals surface area contributed by atoms with E-state index in [-0.39, 0.29) is 11.7 Å². The second kappa shape index (κ2) is 5.16. The van der Waals surface area contributed by atoms with Gasteiger partial charge in [-0.2, -0.15) is 0 Å². The number of phenols is 1. The molecule has 0 heterocycles. The minimum absolute atomic E-state index is 0.225. The summed E-state index contributed by atoms with van der Waals surface area (Å²) in [5, 5.41) is 9.52. The number of halogens is 1. The van der Waals surface area contributed by atoms with Crippen LogP contribution in [0, 0.1) is 6.92 Å². The van der Waals surface area contributed by atoms with Crippen molar-refractivity contribution < 1.29 is 14.6 Å². The molecule has 15 heavy (non-hydrogen) atoms. The van der Waals surface area contributed by atoms with Crippen molar-refractivity contribution in [3.63, 3.8) is 0 Å². The van der Waals surface area contributed by atoms with Gasteiger partial charge in [0.2, 0.25) is 0 Å². The zero-order valence-corrected chi connectivity index (χ0v) is 10.3. The van der Waals surface area contributed by atoms with E-state index < -0.39 is 0 Å². The van der Waals surface area contributed by atoms with E-state index in [1.807, 2.05) is 19.1 Å². The molecule has 3 nitrogen and oxygen atoms in total. The normalized spacial score (nSPS) is 10.1. The lowest BCUT2D eigenvalue weighted by Crippen LogP contribution is -2.02. The maximum absolute atomic E-state index is 10.9.